The lowest BCUT2D eigenvalue weighted by Crippen LogP contribution is -2.37. The molecule has 6 nitrogen and oxygen atoms in total. The van der Waals surface area contributed by atoms with Crippen molar-refractivity contribution in [3.63, 3.8) is 0 Å². The third-order valence-electron chi connectivity index (χ3n) is 3.87. The molecule has 0 aromatic heterocycles. The highest BCUT2D eigenvalue weighted by Gasteiger charge is 2.42. The van der Waals surface area contributed by atoms with E-state index in [1.807, 2.05) is 0 Å². The lowest BCUT2D eigenvalue weighted by Gasteiger charge is -2.15. The lowest BCUT2D eigenvalue weighted by molar-refractivity contribution is -0.116. The number of nitrogens with zero attached hydrogens (tertiary/aromatic N) is 1. The van der Waals surface area contributed by atoms with E-state index in [0.717, 1.165) is 4.90 Å². The molecule has 1 heterocycles. The molecule has 3 rings (SSSR count). The molecule has 140 valence electrons. The quantitative estimate of drug-likeness (QED) is 0.424. The Morgan fingerprint density at radius 1 is 0.963 bits per heavy atom. The van der Waals surface area contributed by atoms with Gasteiger partial charge in [-0.25, -0.2) is 0 Å². The van der Waals surface area contributed by atoms with Crippen LogP contribution in [0.15, 0.2) is 24.3 Å². The van der Waals surface area contributed by atoms with Gasteiger partial charge < -0.3 is 10.1 Å². The van der Waals surface area contributed by atoms with Crippen LogP contribution in [0.4, 0.5) is 5.69 Å². The van der Waals surface area contributed by atoms with Gasteiger partial charge in [0.2, 0.25) is 5.91 Å². The maximum Gasteiger partial charge on any atom is 0.263 e. The summed E-state index contributed by atoms with van der Waals surface area (Å²) in [4.78, 5) is 38.3. The van der Waals surface area contributed by atoms with Crippen molar-refractivity contribution in [1.29, 1.82) is 0 Å². The van der Waals surface area contributed by atoms with E-state index in [1.165, 1.54) is 7.11 Å². The number of benzene rings is 2. The molecule has 0 saturated heterocycles. The molecule has 1 aliphatic heterocycles. The maximum atomic E-state index is 12.6. The zero-order chi connectivity index (χ0) is 19.9. The Labute approximate surface area is 173 Å². The summed E-state index contributed by atoms with van der Waals surface area (Å²) in [5, 5.41) is 1.93. The van der Waals surface area contributed by atoms with E-state index in [2.05, 4.69) is 5.32 Å². The van der Waals surface area contributed by atoms with Gasteiger partial charge in [0.25, 0.3) is 11.8 Å². The first-order chi connectivity index (χ1) is 12.8. The number of fused-ring (bicyclic) bond motifs is 1. The number of para-hydroxylation sites is 2. The average Bonchev–Trinajstić information content (AvgIpc) is 2.90. The van der Waals surface area contributed by atoms with Crippen molar-refractivity contribution < 1.29 is 19.1 Å². The minimum atomic E-state index is -0.782. The summed E-state index contributed by atoms with van der Waals surface area (Å²) in [6.45, 7) is -0.549. The number of amides is 3. The van der Waals surface area contributed by atoms with E-state index in [0.29, 0.717) is 11.4 Å². The Hall–Kier alpha value is -1.99. The Kier molecular flexibility index (Phi) is 5.53. The third-order valence-corrected chi connectivity index (χ3v) is 5.67. The molecule has 0 aliphatic carbocycles. The standard InChI is InChI=1S/C17H10Cl4N2O4/c1-27-8-5-3-2-4-7(8)22-9(24)6-23-16(25)10-11(17(23)26)13(19)15(21)14(20)12(10)18/h2-5H,6H2,1H3,(H,22,24). The number of hydrogen-bond donors (Lipinski definition) is 1. The molecular formula is C17H10Cl4N2O4. The largest absolute Gasteiger partial charge is 0.495 e. The number of nitrogens with one attached hydrogen (secondary N) is 1. The van der Waals surface area contributed by atoms with Gasteiger partial charge in [-0.3, -0.25) is 19.3 Å². The van der Waals surface area contributed by atoms with Crippen LogP contribution in [-0.2, 0) is 4.79 Å². The minimum absolute atomic E-state index is 0.136. The number of methoxy groups -OCH3 is 1. The van der Waals surface area contributed by atoms with Crippen molar-refractivity contribution in [1.82, 2.24) is 4.90 Å². The molecule has 2 aromatic carbocycles. The topological polar surface area (TPSA) is 75.7 Å². The van der Waals surface area contributed by atoms with Gasteiger partial charge in [-0.05, 0) is 12.1 Å². The SMILES string of the molecule is COc1ccccc1NC(=O)CN1C(=O)c2c(Cl)c(Cl)c(Cl)c(Cl)c2C1=O. The number of anilines is 1. The second kappa shape index (κ2) is 7.56. The zero-order valence-corrected chi connectivity index (χ0v) is 16.6. The number of imide groups is 1. The summed E-state index contributed by atoms with van der Waals surface area (Å²) in [6, 6.07) is 6.70. The molecule has 0 unspecified atom stereocenters. The summed E-state index contributed by atoms with van der Waals surface area (Å²) >= 11 is 24.0. The highest BCUT2D eigenvalue weighted by molar-refractivity contribution is 6.55. The van der Waals surface area contributed by atoms with E-state index in [4.69, 9.17) is 51.1 Å². The second-order valence-electron chi connectivity index (χ2n) is 5.45. The van der Waals surface area contributed by atoms with Crippen LogP contribution in [0.3, 0.4) is 0 Å². The van der Waals surface area contributed by atoms with Crippen LogP contribution in [-0.4, -0.2) is 36.3 Å². The van der Waals surface area contributed by atoms with E-state index >= 15 is 0 Å². The summed E-state index contributed by atoms with van der Waals surface area (Å²) in [7, 11) is 1.45. The van der Waals surface area contributed by atoms with Gasteiger partial charge in [0, 0.05) is 0 Å². The molecular weight excluding hydrogens is 438 g/mol. The van der Waals surface area contributed by atoms with E-state index < -0.39 is 24.3 Å². The first-order valence-corrected chi connectivity index (χ1v) is 8.94. The van der Waals surface area contributed by atoms with Gasteiger partial charge in [-0.1, -0.05) is 58.5 Å². The van der Waals surface area contributed by atoms with E-state index in [1.54, 1.807) is 24.3 Å². The van der Waals surface area contributed by atoms with Crippen molar-refractivity contribution in [3.05, 3.63) is 55.5 Å². The number of carbonyl (C=O) groups excluding carboxylic acids is 3. The van der Waals surface area contributed by atoms with Gasteiger partial charge in [0.15, 0.2) is 0 Å². The molecule has 27 heavy (non-hydrogen) atoms. The summed E-state index contributed by atoms with van der Waals surface area (Å²) < 4.78 is 5.14. The van der Waals surface area contributed by atoms with Gasteiger partial charge >= 0.3 is 0 Å². The van der Waals surface area contributed by atoms with Crippen LogP contribution in [0, 0.1) is 0 Å². The smallest absolute Gasteiger partial charge is 0.263 e. The van der Waals surface area contributed by atoms with Crippen molar-refractivity contribution >= 4 is 69.8 Å². The Morgan fingerprint density at radius 2 is 1.48 bits per heavy atom. The number of hydrogen-bond acceptors (Lipinski definition) is 4. The molecule has 0 atom stereocenters. The first-order valence-electron chi connectivity index (χ1n) is 7.43. The van der Waals surface area contributed by atoms with Crippen molar-refractivity contribution in [2.24, 2.45) is 0 Å². The second-order valence-corrected chi connectivity index (χ2v) is 6.96. The highest BCUT2D eigenvalue weighted by atomic mass is 35.5. The maximum absolute atomic E-state index is 12.6. The molecule has 3 amide bonds. The number of halogens is 4. The van der Waals surface area contributed by atoms with Crippen LogP contribution in [0.25, 0.3) is 0 Å². The third kappa shape index (κ3) is 3.34. The van der Waals surface area contributed by atoms with Gasteiger partial charge in [0.1, 0.15) is 12.3 Å². The van der Waals surface area contributed by atoms with Gasteiger partial charge in [-0.2, -0.15) is 0 Å². The number of ether oxygens (including phenoxy) is 1. The molecule has 1 aliphatic rings. The Bertz CT molecular complexity index is 946. The van der Waals surface area contributed by atoms with E-state index in [9.17, 15) is 14.4 Å². The van der Waals surface area contributed by atoms with Crippen molar-refractivity contribution in [3.8, 4) is 5.75 Å². The lowest BCUT2D eigenvalue weighted by atomic mass is 10.1. The summed E-state index contributed by atoms with van der Waals surface area (Å²) in [6.07, 6.45) is 0. The molecule has 1 N–H and O–H groups in total. The zero-order valence-electron chi connectivity index (χ0n) is 13.6. The van der Waals surface area contributed by atoms with Crippen LogP contribution >= 0.6 is 46.4 Å². The first kappa shape index (κ1) is 19.8. The molecule has 0 saturated carbocycles. The van der Waals surface area contributed by atoms with Crippen molar-refractivity contribution in [2.45, 2.75) is 0 Å². The predicted molar refractivity (Wildman–Crippen MR) is 103 cm³/mol. The monoisotopic (exact) mass is 446 g/mol. The Morgan fingerprint density at radius 3 is 2.00 bits per heavy atom. The molecule has 0 radical (unpaired) electrons. The normalized spacial score (nSPS) is 13.0. The van der Waals surface area contributed by atoms with Gasteiger partial charge in [0.05, 0.1) is 44.0 Å². The molecule has 10 heteroatoms. The molecule has 0 bridgehead atoms. The van der Waals surface area contributed by atoms with Crippen LogP contribution in [0.1, 0.15) is 20.7 Å². The van der Waals surface area contributed by atoms with Gasteiger partial charge in [-0.15, -0.1) is 0 Å². The average molecular weight is 448 g/mol. The fourth-order valence-corrected chi connectivity index (χ4v) is 3.63. The fourth-order valence-electron chi connectivity index (χ4n) is 2.62. The predicted octanol–water partition coefficient (Wildman–Crippen LogP) is 4.54. The molecule has 0 fully saturated rings. The number of rotatable bonds is 4. The van der Waals surface area contributed by atoms with Crippen LogP contribution in [0.2, 0.25) is 20.1 Å². The summed E-state index contributed by atoms with van der Waals surface area (Å²) in [5.41, 5.74) is 0.0427. The van der Waals surface area contributed by atoms with Crippen LogP contribution < -0.4 is 10.1 Å². The molecule has 0 spiro atoms. The van der Waals surface area contributed by atoms with Crippen LogP contribution in [0.5, 0.6) is 5.75 Å². The van der Waals surface area contributed by atoms with Crippen molar-refractivity contribution in [2.75, 3.05) is 19.0 Å². The summed E-state index contributed by atoms with van der Waals surface area (Å²) in [5.74, 6) is -1.75. The Balaban J connectivity index is 1.88. The fraction of sp³-hybridized carbons (Fsp3) is 0.118. The minimum Gasteiger partial charge on any atom is -0.495 e. The molecule has 2 aromatic rings. The highest BCUT2D eigenvalue weighted by Crippen LogP contribution is 2.44. The number of carbonyl (C=O) groups is 3. The van der Waals surface area contributed by atoms with E-state index in [-0.39, 0.29) is 31.2 Å².